The summed E-state index contributed by atoms with van der Waals surface area (Å²) in [4.78, 5) is 31.3. The average Bonchev–Trinajstić information content (AvgIpc) is 3.05. The van der Waals surface area contributed by atoms with Crippen LogP contribution in [0.4, 0.5) is 0 Å². The third-order valence-electron chi connectivity index (χ3n) is 5.14. The van der Waals surface area contributed by atoms with Gasteiger partial charge in [0.2, 0.25) is 0 Å². The van der Waals surface area contributed by atoms with Crippen LogP contribution in [0.3, 0.4) is 0 Å². The van der Waals surface area contributed by atoms with E-state index in [0.717, 1.165) is 33.5 Å². The van der Waals surface area contributed by atoms with E-state index in [2.05, 4.69) is 13.8 Å². The summed E-state index contributed by atoms with van der Waals surface area (Å²) in [6, 6.07) is 7.59. The molecule has 1 N–H and O–H groups in total. The predicted molar refractivity (Wildman–Crippen MR) is 115 cm³/mol. The van der Waals surface area contributed by atoms with Crippen molar-refractivity contribution >= 4 is 39.3 Å². The largest absolute Gasteiger partial charge is 0.481 e. The second-order valence-corrected chi connectivity index (χ2v) is 9.51. The van der Waals surface area contributed by atoms with Crippen LogP contribution in [0.2, 0.25) is 0 Å². The topological polar surface area (TPSA) is 81.4 Å². The lowest BCUT2D eigenvalue weighted by Gasteiger charge is -2.26. The molecule has 0 spiro atoms. The maximum Gasteiger partial charge on any atom is 0.313 e. The molecular formula is C21H22N2O4S2. The van der Waals surface area contributed by atoms with E-state index in [9.17, 15) is 9.59 Å². The molecule has 1 aliphatic rings. The zero-order chi connectivity index (χ0) is 20.7. The lowest BCUT2D eigenvalue weighted by molar-refractivity contribution is -0.133. The summed E-state index contributed by atoms with van der Waals surface area (Å²) in [5.41, 5.74) is 2.55. The number of carboxylic acids is 1. The fourth-order valence-corrected chi connectivity index (χ4v) is 5.48. The second-order valence-electron chi connectivity index (χ2n) is 7.49. The van der Waals surface area contributed by atoms with E-state index in [1.807, 2.05) is 31.2 Å². The zero-order valence-corrected chi connectivity index (χ0v) is 18.1. The van der Waals surface area contributed by atoms with Crippen molar-refractivity contribution in [2.45, 2.75) is 45.1 Å². The molecule has 4 rings (SSSR count). The van der Waals surface area contributed by atoms with Gasteiger partial charge in [0.05, 0.1) is 29.5 Å². The van der Waals surface area contributed by atoms with Gasteiger partial charge < -0.3 is 9.84 Å². The Kier molecular flexibility index (Phi) is 5.50. The van der Waals surface area contributed by atoms with Crippen LogP contribution in [0.1, 0.15) is 29.9 Å². The smallest absolute Gasteiger partial charge is 0.313 e. The van der Waals surface area contributed by atoms with E-state index < -0.39 is 5.97 Å². The fraction of sp³-hybridized carbons (Fsp3) is 0.381. The van der Waals surface area contributed by atoms with Gasteiger partial charge in [-0.15, -0.1) is 11.3 Å². The van der Waals surface area contributed by atoms with Crippen molar-refractivity contribution in [1.82, 2.24) is 9.55 Å². The van der Waals surface area contributed by atoms with Gasteiger partial charge in [-0.05, 0) is 30.0 Å². The van der Waals surface area contributed by atoms with Crippen LogP contribution in [0, 0.1) is 12.8 Å². The van der Waals surface area contributed by atoms with E-state index in [0.29, 0.717) is 34.3 Å². The number of hydrogen-bond acceptors (Lipinski definition) is 6. The summed E-state index contributed by atoms with van der Waals surface area (Å²) >= 11 is 2.54. The minimum Gasteiger partial charge on any atom is -0.481 e. The summed E-state index contributed by atoms with van der Waals surface area (Å²) in [6.07, 6.45) is 0.770. The van der Waals surface area contributed by atoms with Crippen LogP contribution in [0.5, 0.6) is 0 Å². The van der Waals surface area contributed by atoms with Gasteiger partial charge in [-0.25, -0.2) is 4.98 Å². The highest BCUT2D eigenvalue weighted by atomic mass is 32.2. The molecule has 0 saturated heterocycles. The highest BCUT2D eigenvalue weighted by molar-refractivity contribution is 7.99. The first-order valence-electron chi connectivity index (χ1n) is 9.46. The van der Waals surface area contributed by atoms with Crippen molar-refractivity contribution in [3.63, 3.8) is 0 Å². The van der Waals surface area contributed by atoms with Crippen molar-refractivity contribution < 1.29 is 14.6 Å². The third kappa shape index (κ3) is 3.72. The molecular weight excluding hydrogens is 408 g/mol. The molecule has 0 amide bonds. The second kappa shape index (κ2) is 7.93. The van der Waals surface area contributed by atoms with Crippen molar-refractivity contribution in [3.8, 4) is 5.69 Å². The SMILES string of the molecule is Cc1ccccc1-n1c(SCC(=O)O)nc2sc3c(c2c1=O)C[C@@H](C(C)C)OC3. The van der Waals surface area contributed by atoms with E-state index >= 15 is 0 Å². The summed E-state index contributed by atoms with van der Waals surface area (Å²) in [5, 5.41) is 10.2. The number of thiophene rings is 1. The van der Waals surface area contributed by atoms with Gasteiger partial charge in [-0.3, -0.25) is 14.2 Å². The van der Waals surface area contributed by atoms with Gasteiger partial charge in [0, 0.05) is 11.3 Å². The lowest BCUT2D eigenvalue weighted by atomic mass is 9.96. The molecule has 0 aliphatic carbocycles. The normalized spacial score (nSPS) is 16.3. The van der Waals surface area contributed by atoms with Crippen molar-refractivity contribution in [3.05, 3.63) is 50.6 Å². The molecule has 0 saturated carbocycles. The number of aromatic nitrogens is 2. The monoisotopic (exact) mass is 430 g/mol. The Balaban J connectivity index is 1.96. The zero-order valence-electron chi connectivity index (χ0n) is 16.5. The van der Waals surface area contributed by atoms with E-state index in [1.165, 1.54) is 11.3 Å². The van der Waals surface area contributed by atoms with Gasteiger partial charge in [0.25, 0.3) is 5.56 Å². The van der Waals surface area contributed by atoms with Gasteiger partial charge in [-0.2, -0.15) is 0 Å². The Labute approximate surface area is 176 Å². The van der Waals surface area contributed by atoms with Crippen molar-refractivity contribution in [1.29, 1.82) is 0 Å². The number of aryl methyl sites for hydroxylation is 1. The molecule has 29 heavy (non-hydrogen) atoms. The highest BCUT2D eigenvalue weighted by Gasteiger charge is 2.29. The first-order valence-corrected chi connectivity index (χ1v) is 11.3. The Morgan fingerprint density at radius 3 is 2.86 bits per heavy atom. The Morgan fingerprint density at radius 2 is 2.17 bits per heavy atom. The minimum absolute atomic E-state index is 0.0765. The van der Waals surface area contributed by atoms with Crippen molar-refractivity contribution in [2.75, 3.05) is 5.75 Å². The molecule has 3 heterocycles. The Bertz CT molecular complexity index is 1150. The predicted octanol–water partition coefficient (Wildman–Crippen LogP) is 4.03. The first kappa shape index (κ1) is 20.1. The molecule has 152 valence electrons. The first-order chi connectivity index (χ1) is 13.9. The van der Waals surface area contributed by atoms with Crippen LogP contribution in [-0.4, -0.2) is 32.5 Å². The van der Waals surface area contributed by atoms with Gasteiger partial charge >= 0.3 is 5.97 Å². The number of rotatable bonds is 5. The molecule has 3 aromatic rings. The highest BCUT2D eigenvalue weighted by Crippen LogP contribution is 2.36. The number of fused-ring (bicyclic) bond motifs is 3. The van der Waals surface area contributed by atoms with E-state index in [4.69, 9.17) is 14.8 Å². The molecule has 0 bridgehead atoms. The molecule has 1 atom stereocenters. The van der Waals surface area contributed by atoms with Crippen molar-refractivity contribution in [2.24, 2.45) is 5.92 Å². The average molecular weight is 431 g/mol. The van der Waals surface area contributed by atoms with Crippen LogP contribution in [0.25, 0.3) is 15.9 Å². The summed E-state index contributed by atoms with van der Waals surface area (Å²) < 4.78 is 7.54. The number of nitrogens with zero attached hydrogens (tertiary/aromatic N) is 2. The quantitative estimate of drug-likeness (QED) is 0.486. The number of hydrogen-bond donors (Lipinski definition) is 1. The third-order valence-corrected chi connectivity index (χ3v) is 7.16. The number of benzene rings is 1. The fourth-order valence-electron chi connectivity index (χ4n) is 3.59. The number of carboxylic acid groups (broad SMARTS) is 1. The Morgan fingerprint density at radius 1 is 1.41 bits per heavy atom. The van der Waals surface area contributed by atoms with E-state index in [-0.39, 0.29) is 17.4 Å². The number of aliphatic carboxylic acids is 1. The van der Waals surface area contributed by atoms with E-state index in [1.54, 1.807) is 4.57 Å². The maximum absolute atomic E-state index is 13.7. The lowest BCUT2D eigenvalue weighted by Crippen LogP contribution is -2.28. The maximum atomic E-state index is 13.7. The van der Waals surface area contributed by atoms with Crippen LogP contribution < -0.4 is 5.56 Å². The standard InChI is InChI=1S/C21H22N2O4S2/c1-11(2)15-8-13-16(9-27-15)29-19-18(13)20(26)23(14-7-5-4-6-12(14)3)21(22-19)28-10-17(24)25/h4-7,11,15H,8-10H2,1-3H3,(H,24,25)/t15-/m0/s1. The summed E-state index contributed by atoms with van der Waals surface area (Å²) in [5.74, 6) is -0.748. The molecule has 0 fully saturated rings. The molecule has 0 unspecified atom stereocenters. The molecule has 1 aliphatic heterocycles. The molecule has 2 aromatic heterocycles. The van der Waals surface area contributed by atoms with Gasteiger partial charge in [-0.1, -0.05) is 43.8 Å². The molecule has 6 nitrogen and oxygen atoms in total. The van der Waals surface area contributed by atoms with Gasteiger partial charge in [0.1, 0.15) is 4.83 Å². The summed E-state index contributed by atoms with van der Waals surface area (Å²) in [6.45, 7) is 6.66. The number of ether oxygens (including phenoxy) is 1. The number of thioether (sulfide) groups is 1. The molecule has 0 radical (unpaired) electrons. The Hall–Kier alpha value is -2.16. The van der Waals surface area contributed by atoms with Crippen LogP contribution >= 0.6 is 23.1 Å². The summed E-state index contributed by atoms with van der Waals surface area (Å²) in [7, 11) is 0. The minimum atomic E-state index is -0.945. The van der Waals surface area contributed by atoms with Crippen LogP contribution in [-0.2, 0) is 22.6 Å². The molecule has 8 heteroatoms. The molecule has 1 aromatic carbocycles. The number of carbonyl (C=O) groups is 1. The number of para-hydroxylation sites is 1. The van der Waals surface area contributed by atoms with Gasteiger partial charge in [0.15, 0.2) is 5.16 Å². The van der Waals surface area contributed by atoms with Crippen LogP contribution in [0.15, 0.2) is 34.2 Å².